The molecule has 0 aromatic heterocycles. The van der Waals surface area contributed by atoms with Crippen LogP contribution in [0.3, 0.4) is 0 Å². The highest BCUT2D eigenvalue weighted by Crippen LogP contribution is 2.21. The number of benzene rings is 1. The first-order valence-electron chi connectivity index (χ1n) is 7.58. The number of nitrogens with one attached hydrogen (secondary N) is 1. The molecular formula is C16H22N2O4. The molecule has 1 saturated heterocycles. The van der Waals surface area contributed by atoms with Gasteiger partial charge in [0.2, 0.25) is 0 Å². The molecule has 0 bridgehead atoms. The zero-order valence-corrected chi connectivity index (χ0v) is 12.7. The van der Waals surface area contributed by atoms with Crippen LogP contribution in [0.5, 0.6) is 0 Å². The molecule has 1 aromatic carbocycles. The molecule has 1 aliphatic heterocycles. The number of carboxylic acids is 1. The Kier molecular flexibility index (Phi) is 5.38. The van der Waals surface area contributed by atoms with E-state index in [0.29, 0.717) is 12.0 Å². The van der Waals surface area contributed by atoms with Gasteiger partial charge in [0, 0.05) is 30.8 Å². The lowest BCUT2D eigenvalue weighted by molar-refractivity contribution is -0.145. The molecule has 1 aliphatic rings. The second kappa shape index (κ2) is 7.26. The molecule has 0 spiro atoms. The number of hydrogen-bond acceptors (Lipinski definition) is 4. The third-order valence-corrected chi connectivity index (χ3v) is 3.83. The van der Waals surface area contributed by atoms with Crippen LogP contribution < -0.4 is 5.32 Å². The SMILES string of the molecule is CCCNc1ccc(C(=O)N2CC[C@@H](O)C[C@H]2C(=O)O)cc1. The lowest BCUT2D eigenvalue weighted by atomic mass is 9.98. The van der Waals surface area contributed by atoms with E-state index in [4.69, 9.17) is 0 Å². The van der Waals surface area contributed by atoms with E-state index >= 15 is 0 Å². The summed E-state index contributed by atoms with van der Waals surface area (Å²) in [5, 5.41) is 22.1. The van der Waals surface area contributed by atoms with Gasteiger partial charge in [-0.25, -0.2) is 4.79 Å². The first kappa shape index (κ1) is 16.3. The third kappa shape index (κ3) is 3.76. The predicted octanol–water partition coefficient (Wildman–Crippen LogP) is 1.56. The van der Waals surface area contributed by atoms with Crippen LogP contribution >= 0.6 is 0 Å². The van der Waals surface area contributed by atoms with Crippen molar-refractivity contribution in [2.75, 3.05) is 18.4 Å². The number of carbonyl (C=O) groups excluding carboxylic acids is 1. The van der Waals surface area contributed by atoms with Gasteiger partial charge in [-0.3, -0.25) is 4.79 Å². The molecular weight excluding hydrogens is 284 g/mol. The van der Waals surface area contributed by atoms with Crippen LogP contribution in [0.4, 0.5) is 5.69 Å². The van der Waals surface area contributed by atoms with E-state index in [2.05, 4.69) is 12.2 Å². The van der Waals surface area contributed by atoms with Crippen molar-refractivity contribution in [2.45, 2.75) is 38.3 Å². The predicted molar refractivity (Wildman–Crippen MR) is 82.9 cm³/mol. The Hall–Kier alpha value is -2.08. The van der Waals surface area contributed by atoms with Crippen molar-refractivity contribution in [1.82, 2.24) is 4.90 Å². The summed E-state index contributed by atoms with van der Waals surface area (Å²) in [6.45, 7) is 3.19. The summed E-state index contributed by atoms with van der Waals surface area (Å²) in [4.78, 5) is 25.1. The van der Waals surface area contributed by atoms with Gasteiger partial charge in [0.05, 0.1) is 6.10 Å². The number of likely N-dealkylation sites (tertiary alicyclic amines) is 1. The van der Waals surface area contributed by atoms with E-state index in [1.165, 1.54) is 4.90 Å². The second-order valence-electron chi connectivity index (χ2n) is 5.53. The van der Waals surface area contributed by atoms with E-state index in [-0.39, 0.29) is 18.9 Å². The summed E-state index contributed by atoms with van der Waals surface area (Å²) >= 11 is 0. The Labute approximate surface area is 129 Å². The molecule has 0 unspecified atom stereocenters. The number of hydrogen-bond donors (Lipinski definition) is 3. The molecule has 0 radical (unpaired) electrons. The lowest BCUT2D eigenvalue weighted by Crippen LogP contribution is -2.51. The van der Waals surface area contributed by atoms with Crippen molar-refractivity contribution in [3.8, 4) is 0 Å². The summed E-state index contributed by atoms with van der Waals surface area (Å²) in [6, 6.07) is 6.07. The van der Waals surface area contributed by atoms with E-state index in [0.717, 1.165) is 18.7 Å². The summed E-state index contributed by atoms with van der Waals surface area (Å²) in [5.74, 6) is -1.38. The molecule has 1 fully saturated rings. The van der Waals surface area contributed by atoms with Gasteiger partial charge in [0.1, 0.15) is 6.04 Å². The number of aliphatic hydroxyl groups is 1. The smallest absolute Gasteiger partial charge is 0.326 e. The monoisotopic (exact) mass is 306 g/mol. The number of amides is 1. The number of carboxylic acid groups (broad SMARTS) is 1. The zero-order valence-electron chi connectivity index (χ0n) is 12.7. The van der Waals surface area contributed by atoms with Crippen molar-refractivity contribution in [3.05, 3.63) is 29.8 Å². The van der Waals surface area contributed by atoms with Crippen LogP contribution in [-0.4, -0.2) is 52.2 Å². The largest absolute Gasteiger partial charge is 0.480 e. The topological polar surface area (TPSA) is 89.9 Å². The number of carbonyl (C=O) groups is 2. The van der Waals surface area contributed by atoms with Gasteiger partial charge in [-0.1, -0.05) is 6.92 Å². The Bertz CT molecular complexity index is 529. The van der Waals surface area contributed by atoms with E-state index in [1.807, 2.05) is 12.1 Å². The van der Waals surface area contributed by atoms with Gasteiger partial charge < -0.3 is 20.4 Å². The summed E-state index contributed by atoms with van der Waals surface area (Å²) in [5.41, 5.74) is 1.40. The molecule has 0 saturated carbocycles. The van der Waals surface area contributed by atoms with Gasteiger partial charge in [0.25, 0.3) is 5.91 Å². The minimum absolute atomic E-state index is 0.0806. The van der Waals surface area contributed by atoms with Crippen molar-refractivity contribution in [1.29, 1.82) is 0 Å². The number of nitrogens with zero attached hydrogens (tertiary/aromatic N) is 1. The van der Waals surface area contributed by atoms with Gasteiger partial charge in [0.15, 0.2) is 0 Å². The van der Waals surface area contributed by atoms with Gasteiger partial charge in [-0.2, -0.15) is 0 Å². The van der Waals surface area contributed by atoms with Crippen molar-refractivity contribution < 1.29 is 19.8 Å². The summed E-state index contributed by atoms with van der Waals surface area (Å²) in [6.07, 6.45) is 0.839. The molecule has 2 atom stereocenters. The maximum Gasteiger partial charge on any atom is 0.326 e. The Balaban J connectivity index is 2.10. The third-order valence-electron chi connectivity index (χ3n) is 3.83. The second-order valence-corrected chi connectivity index (χ2v) is 5.53. The minimum atomic E-state index is -1.08. The van der Waals surface area contributed by atoms with E-state index in [1.54, 1.807) is 12.1 Å². The van der Waals surface area contributed by atoms with Crippen molar-refractivity contribution in [3.63, 3.8) is 0 Å². The van der Waals surface area contributed by atoms with Gasteiger partial charge in [-0.15, -0.1) is 0 Å². The Morgan fingerprint density at radius 1 is 1.32 bits per heavy atom. The summed E-state index contributed by atoms with van der Waals surface area (Å²) in [7, 11) is 0. The van der Waals surface area contributed by atoms with Crippen LogP contribution in [-0.2, 0) is 4.79 Å². The highest BCUT2D eigenvalue weighted by molar-refractivity contribution is 5.97. The number of piperidine rings is 1. The first-order chi connectivity index (χ1) is 10.5. The maximum atomic E-state index is 12.5. The molecule has 6 heteroatoms. The number of rotatable bonds is 5. The van der Waals surface area contributed by atoms with Crippen LogP contribution in [0.1, 0.15) is 36.5 Å². The fourth-order valence-corrected chi connectivity index (χ4v) is 2.59. The van der Waals surface area contributed by atoms with Crippen LogP contribution in [0, 0.1) is 0 Å². The van der Waals surface area contributed by atoms with Crippen LogP contribution in [0.25, 0.3) is 0 Å². The molecule has 3 N–H and O–H groups in total. The first-order valence-corrected chi connectivity index (χ1v) is 7.58. The Morgan fingerprint density at radius 2 is 2.00 bits per heavy atom. The van der Waals surface area contributed by atoms with Crippen LogP contribution in [0.15, 0.2) is 24.3 Å². The van der Waals surface area contributed by atoms with Crippen molar-refractivity contribution >= 4 is 17.6 Å². The highest BCUT2D eigenvalue weighted by Gasteiger charge is 2.35. The number of aliphatic hydroxyl groups excluding tert-OH is 1. The molecule has 120 valence electrons. The highest BCUT2D eigenvalue weighted by atomic mass is 16.4. The molecule has 1 heterocycles. The fraction of sp³-hybridized carbons (Fsp3) is 0.500. The van der Waals surface area contributed by atoms with Crippen LogP contribution in [0.2, 0.25) is 0 Å². The molecule has 6 nitrogen and oxygen atoms in total. The normalized spacial score (nSPS) is 21.5. The van der Waals surface area contributed by atoms with Crippen molar-refractivity contribution in [2.24, 2.45) is 0 Å². The molecule has 1 amide bonds. The molecule has 1 aromatic rings. The quantitative estimate of drug-likeness (QED) is 0.768. The number of anilines is 1. The number of aliphatic carboxylic acids is 1. The average molecular weight is 306 g/mol. The standard InChI is InChI=1S/C16H22N2O4/c1-2-8-17-12-5-3-11(4-6-12)15(20)18-9-7-13(19)10-14(18)16(21)22/h3-6,13-14,17,19H,2,7-10H2,1H3,(H,21,22)/t13-,14+/m1/s1. The maximum absolute atomic E-state index is 12.5. The van der Waals surface area contributed by atoms with Gasteiger partial charge >= 0.3 is 5.97 Å². The Morgan fingerprint density at radius 3 is 2.59 bits per heavy atom. The van der Waals surface area contributed by atoms with E-state index < -0.39 is 18.1 Å². The van der Waals surface area contributed by atoms with Gasteiger partial charge in [-0.05, 0) is 37.1 Å². The van der Waals surface area contributed by atoms with E-state index in [9.17, 15) is 19.8 Å². The lowest BCUT2D eigenvalue weighted by Gasteiger charge is -2.35. The fourth-order valence-electron chi connectivity index (χ4n) is 2.59. The molecule has 0 aliphatic carbocycles. The molecule has 22 heavy (non-hydrogen) atoms. The average Bonchev–Trinajstić information content (AvgIpc) is 2.52. The summed E-state index contributed by atoms with van der Waals surface area (Å²) < 4.78 is 0. The molecule has 2 rings (SSSR count). The minimum Gasteiger partial charge on any atom is -0.480 e. The zero-order chi connectivity index (χ0) is 16.1.